The summed E-state index contributed by atoms with van der Waals surface area (Å²) < 4.78 is 4.53. The molecule has 0 bridgehead atoms. The fourth-order valence-electron chi connectivity index (χ4n) is 1.77. The van der Waals surface area contributed by atoms with E-state index < -0.39 is 5.97 Å². The van der Waals surface area contributed by atoms with Crippen LogP contribution in [-0.4, -0.2) is 17.9 Å². The molecule has 0 aliphatic carbocycles. The van der Waals surface area contributed by atoms with Gasteiger partial charge >= 0.3 is 5.97 Å². The van der Waals surface area contributed by atoms with Gasteiger partial charge in [-0.2, -0.15) is 0 Å². The summed E-state index contributed by atoms with van der Waals surface area (Å²) in [4.78, 5) is 11.6. The van der Waals surface area contributed by atoms with Crippen LogP contribution in [0.3, 0.4) is 0 Å². The maximum Gasteiger partial charge on any atom is 0.330 e. The molecule has 0 radical (unpaired) electrons. The number of carbonyl (C=O) groups excluding carboxylic acids is 1. The topological polar surface area (TPSA) is 26.3 Å². The molecule has 0 fully saturated rings. The lowest BCUT2D eigenvalue weighted by Gasteiger charge is -2.03. The molecule has 0 aromatic heterocycles. The highest BCUT2D eigenvalue weighted by Gasteiger charge is 2.01. The van der Waals surface area contributed by atoms with Crippen molar-refractivity contribution in [1.82, 2.24) is 0 Å². The number of hydrogen-bond donors (Lipinski definition) is 0. The van der Waals surface area contributed by atoms with Crippen LogP contribution in [0.5, 0.6) is 0 Å². The summed E-state index contributed by atoms with van der Waals surface area (Å²) in [5, 5.41) is 0. The van der Waals surface area contributed by atoms with E-state index in [0.29, 0.717) is 4.86 Å². The van der Waals surface area contributed by atoms with Crippen LogP contribution in [0, 0.1) is 0 Å². The molecule has 3 heteroatoms. The highest BCUT2D eigenvalue weighted by molar-refractivity contribution is 7.81. The van der Waals surface area contributed by atoms with E-state index in [1.807, 2.05) is 42.5 Å². The normalized spacial score (nSPS) is 10.4. The first-order valence-electron chi connectivity index (χ1n) is 6.16. The molecule has 100 valence electrons. The lowest BCUT2D eigenvalue weighted by atomic mass is 10.0. The molecule has 2 nitrogen and oxygen atoms in total. The molecule has 2 rings (SSSR count). The molecule has 2 aromatic carbocycles. The molecule has 0 saturated heterocycles. The van der Waals surface area contributed by atoms with Crippen LogP contribution in [0.4, 0.5) is 0 Å². The second kappa shape index (κ2) is 6.78. The van der Waals surface area contributed by atoms with Crippen LogP contribution < -0.4 is 0 Å². The predicted molar refractivity (Wildman–Crippen MR) is 84.7 cm³/mol. The van der Waals surface area contributed by atoms with Crippen molar-refractivity contribution in [3.05, 3.63) is 72.3 Å². The lowest BCUT2D eigenvalue weighted by Crippen LogP contribution is -1.97. The first-order valence-corrected chi connectivity index (χ1v) is 6.57. The summed E-state index contributed by atoms with van der Waals surface area (Å²) in [6, 6.07) is 18.1. The minimum absolute atomic E-state index is 0.409. The Kier molecular flexibility index (Phi) is 4.80. The van der Waals surface area contributed by atoms with Gasteiger partial charge < -0.3 is 4.74 Å². The van der Waals surface area contributed by atoms with Gasteiger partial charge in [0, 0.05) is 10.9 Å². The zero-order chi connectivity index (χ0) is 14.4. The van der Waals surface area contributed by atoms with Crippen LogP contribution in [0.2, 0.25) is 0 Å². The molecule has 0 unspecified atom stereocenters. The van der Waals surface area contributed by atoms with Gasteiger partial charge in [0.15, 0.2) is 0 Å². The summed E-state index contributed by atoms with van der Waals surface area (Å²) in [7, 11) is 1.34. The van der Waals surface area contributed by atoms with Crippen LogP contribution in [0.15, 0.2) is 66.7 Å². The Morgan fingerprint density at radius 1 is 0.950 bits per heavy atom. The Bertz CT molecular complexity index is 628. The lowest BCUT2D eigenvalue weighted by molar-refractivity contribution is -0.134. The molecule has 0 spiro atoms. The van der Waals surface area contributed by atoms with Crippen molar-refractivity contribution in [3.63, 3.8) is 0 Å². The highest BCUT2D eigenvalue weighted by Crippen LogP contribution is 2.19. The molecule has 0 heterocycles. The molecule has 0 saturated carbocycles. The second-order valence-corrected chi connectivity index (χ2v) is 4.60. The van der Waals surface area contributed by atoms with Gasteiger partial charge in [-0.3, -0.25) is 0 Å². The third-order valence-electron chi connectivity index (χ3n) is 2.85. The monoisotopic (exact) mass is 282 g/mol. The Labute approximate surface area is 123 Å². The van der Waals surface area contributed by atoms with Crippen molar-refractivity contribution >= 4 is 23.1 Å². The van der Waals surface area contributed by atoms with Crippen LogP contribution in [0.1, 0.15) is 5.56 Å². The third kappa shape index (κ3) is 3.62. The zero-order valence-electron chi connectivity index (χ0n) is 11.1. The number of ether oxygens (including phenoxy) is 1. The van der Waals surface area contributed by atoms with Gasteiger partial charge in [-0.25, -0.2) is 4.79 Å². The second-order valence-electron chi connectivity index (χ2n) is 4.16. The van der Waals surface area contributed by atoms with E-state index in [1.54, 1.807) is 6.08 Å². The van der Waals surface area contributed by atoms with Gasteiger partial charge in [0.05, 0.1) is 7.11 Å². The maximum atomic E-state index is 11.0. The smallest absolute Gasteiger partial charge is 0.330 e. The van der Waals surface area contributed by atoms with E-state index in [2.05, 4.69) is 16.9 Å². The quantitative estimate of drug-likeness (QED) is 0.369. The van der Waals surface area contributed by atoms with Gasteiger partial charge in [-0.15, -0.1) is 0 Å². The Balaban J connectivity index is 2.14. The van der Waals surface area contributed by atoms with Crippen molar-refractivity contribution in [2.75, 3.05) is 7.11 Å². The Morgan fingerprint density at radius 2 is 1.55 bits per heavy atom. The van der Waals surface area contributed by atoms with Crippen LogP contribution in [-0.2, 0) is 9.53 Å². The van der Waals surface area contributed by atoms with Crippen molar-refractivity contribution in [3.8, 4) is 11.1 Å². The third-order valence-corrected chi connectivity index (χ3v) is 3.22. The number of hydrogen-bond acceptors (Lipinski definition) is 3. The number of benzene rings is 2. The summed E-state index contributed by atoms with van der Waals surface area (Å²) in [6.45, 7) is 0. The van der Waals surface area contributed by atoms with Gasteiger partial charge in [-0.05, 0) is 22.8 Å². The van der Waals surface area contributed by atoms with Crippen molar-refractivity contribution in [2.24, 2.45) is 0 Å². The van der Waals surface area contributed by atoms with E-state index >= 15 is 0 Å². The van der Waals surface area contributed by atoms with E-state index in [-0.39, 0.29) is 0 Å². The first kappa shape index (κ1) is 14.2. The first-order chi connectivity index (χ1) is 9.70. The number of allylic oxidation sites excluding steroid dienone is 1. The molecular weight excluding hydrogens is 268 g/mol. The number of rotatable bonds is 4. The standard InChI is InChI=1S/C17H14O2S/c1-19-17(18)12-11-16(20)15-9-7-14(8-10-15)13-5-3-2-4-6-13/h2-12H,1H3/b12-11+. The maximum absolute atomic E-state index is 11.0. The highest BCUT2D eigenvalue weighted by atomic mass is 32.1. The summed E-state index contributed by atoms with van der Waals surface area (Å²) >= 11 is 5.25. The molecule has 2 aromatic rings. The summed E-state index contributed by atoms with van der Waals surface area (Å²) in [6.07, 6.45) is 2.91. The average Bonchev–Trinajstić information content (AvgIpc) is 2.53. The van der Waals surface area contributed by atoms with Gasteiger partial charge in [0.2, 0.25) is 0 Å². The minimum Gasteiger partial charge on any atom is -0.466 e. The average molecular weight is 282 g/mol. The van der Waals surface area contributed by atoms with E-state index in [9.17, 15) is 4.79 Å². The molecular formula is C17H14O2S. The molecule has 0 amide bonds. The van der Waals surface area contributed by atoms with Crippen LogP contribution in [0.25, 0.3) is 11.1 Å². The zero-order valence-corrected chi connectivity index (χ0v) is 11.9. The molecule has 0 aliphatic heterocycles. The SMILES string of the molecule is COC(=O)/C=C/C(=S)c1ccc(-c2ccccc2)cc1. The van der Waals surface area contributed by atoms with E-state index in [0.717, 1.165) is 16.7 Å². The fraction of sp³-hybridized carbons (Fsp3) is 0.0588. The van der Waals surface area contributed by atoms with Crippen molar-refractivity contribution < 1.29 is 9.53 Å². The largest absolute Gasteiger partial charge is 0.466 e. The number of carbonyl (C=O) groups is 1. The molecule has 0 aliphatic rings. The predicted octanol–water partition coefficient (Wildman–Crippen LogP) is 3.80. The number of esters is 1. The van der Waals surface area contributed by atoms with Crippen molar-refractivity contribution in [2.45, 2.75) is 0 Å². The Hall–Kier alpha value is -2.26. The number of methoxy groups -OCH3 is 1. The fourth-order valence-corrected chi connectivity index (χ4v) is 1.97. The van der Waals surface area contributed by atoms with Crippen LogP contribution >= 0.6 is 12.2 Å². The van der Waals surface area contributed by atoms with E-state index in [4.69, 9.17) is 12.2 Å². The number of thiocarbonyl (C=S) groups is 1. The van der Waals surface area contributed by atoms with E-state index in [1.165, 1.54) is 13.2 Å². The molecule has 0 N–H and O–H groups in total. The minimum atomic E-state index is -0.409. The van der Waals surface area contributed by atoms with Gasteiger partial charge in [0.25, 0.3) is 0 Å². The summed E-state index contributed by atoms with van der Waals surface area (Å²) in [5.74, 6) is -0.409. The summed E-state index contributed by atoms with van der Waals surface area (Å²) in [5.41, 5.74) is 3.20. The molecule has 20 heavy (non-hydrogen) atoms. The van der Waals surface area contributed by atoms with Crippen molar-refractivity contribution in [1.29, 1.82) is 0 Å². The van der Waals surface area contributed by atoms with Gasteiger partial charge in [-0.1, -0.05) is 66.8 Å². The Morgan fingerprint density at radius 3 is 2.15 bits per heavy atom. The van der Waals surface area contributed by atoms with Gasteiger partial charge in [0.1, 0.15) is 0 Å². The molecule has 0 atom stereocenters.